The van der Waals surface area contributed by atoms with Crippen LogP contribution in [-0.4, -0.2) is 26.8 Å². The highest BCUT2D eigenvalue weighted by atomic mass is 16.5. The van der Waals surface area contributed by atoms with Crippen LogP contribution in [0.2, 0.25) is 0 Å². The maximum Gasteiger partial charge on any atom is 0.340 e. The summed E-state index contributed by atoms with van der Waals surface area (Å²) in [5.74, 6) is 0.365. The monoisotopic (exact) mass is 287 g/mol. The van der Waals surface area contributed by atoms with Gasteiger partial charge in [-0.2, -0.15) is 5.10 Å². The summed E-state index contributed by atoms with van der Waals surface area (Å²) in [5.41, 5.74) is 2.17. The van der Waals surface area contributed by atoms with Gasteiger partial charge >= 0.3 is 5.97 Å². The first-order valence-electron chi connectivity index (χ1n) is 7.55. The minimum atomic E-state index is -0.272. The largest absolute Gasteiger partial charge is 0.459 e. The van der Waals surface area contributed by atoms with E-state index in [2.05, 4.69) is 17.0 Å². The van der Waals surface area contributed by atoms with Crippen LogP contribution in [0.5, 0.6) is 0 Å². The molecule has 0 aliphatic heterocycles. The minimum absolute atomic E-state index is 0.0481. The van der Waals surface area contributed by atoms with Crippen LogP contribution in [0.3, 0.4) is 0 Å². The maximum absolute atomic E-state index is 12.3. The third-order valence-corrected chi connectivity index (χ3v) is 4.26. The van der Waals surface area contributed by atoms with Crippen LogP contribution in [0, 0.1) is 12.8 Å². The van der Waals surface area contributed by atoms with Gasteiger partial charge in [0, 0.05) is 18.6 Å². The van der Waals surface area contributed by atoms with Gasteiger partial charge in [0.15, 0.2) is 5.65 Å². The molecule has 0 amide bonds. The zero-order valence-electron chi connectivity index (χ0n) is 12.8. The van der Waals surface area contributed by atoms with Gasteiger partial charge in [0.05, 0.1) is 11.3 Å². The van der Waals surface area contributed by atoms with Gasteiger partial charge in [-0.25, -0.2) is 9.78 Å². The average molecular weight is 287 g/mol. The van der Waals surface area contributed by atoms with Crippen LogP contribution in [0.1, 0.15) is 48.7 Å². The Morgan fingerprint density at radius 2 is 2.24 bits per heavy atom. The Bertz CT molecular complexity index is 677. The molecule has 2 atom stereocenters. The zero-order valence-corrected chi connectivity index (χ0v) is 12.8. The van der Waals surface area contributed by atoms with Gasteiger partial charge in [-0.3, -0.25) is 4.68 Å². The first-order valence-corrected chi connectivity index (χ1v) is 7.55. The molecule has 112 valence electrons. The van der Waals surface area contributed by atoms with Crippen molar-refractivity contribution in [1.29, 1.82) is 0 Å². The normalized spacial score (nSPS) is 22.4. The van der Waals surface area contributed by atoms with Crippen molar-refractivity contribution in [2.24, 2.45) is 13.0 Å². The second-order valence-electron chi connectivity index (χ2n) is 6.10. The number of ether oxygens (including phenoxy) is 1. The Labute approximate surface area is 124 Å². The number of nitrogens with zero attached hydrogens (tertiary/aromatic N) is 3. The highest BCUT2D eigenvalue weighted by molar-refractivity contribution is 5.93. The van der Waals surface area contributed by atoms with Gasteiger partial charge in [-0.15, -0.1) is 0 Å². The summed E-state index contributed by atoms with van der Waals surface area (Å²) >= 11 is 0. The molecule has 0 bridgehead atoms. The predicted octanol–water partition coefficient (Wildman–Crippen LogP) is 3.01. The molecule has 1 aliphatic rings. The third kappa shape index (κ3) is 2.77. The summed E-state index contributed by atoms with van der Waals surface area (Å²) in [4.78, 5) is 16.6. The smallest absolute Gasteiger partial charge is 0.340 e. The molecule has 0 saturated heterocycles. The molecule has 21 heavy (non-hydrogen) atoms. The number of aromatic nitrogens is 3. The van der Waals surface area contributed by atoms with Crippen LogP contribution < -0.4 is 0 Å². The molecule has 2 heterocycles. The predicted molar refractivity (Wildman–Crippen MR) is 80.1 cm³/mol. The van der Waals surface area contributed by atoms with E-state index in [9.17, 15) is 4.79 Å². The van der Waals surface area contributed by atoms with Crippen LogP contribution in [0.4, 0.5) is 0 Å². The van der Waals surface area contributed by atoms with Crippen molar-refractivity contribution in [3.63, 3.8) is 0 Å². The number of rotatable bonds is 2. The summed E-state index contributed by atoms with van der Waals surface area (Å²) < 4.78 is 7.36. The number of fused-ring (bicyclic) bond motifs is 1. The first kappa shape index (κ1) is 14.0. The quantitative estimate of drug-likeness (QED) is 0.797. The van der Waals surface area contributed by atoms with E-state index in [1.54, 1.807) is 10.9 Å². The molecule has 1 aliphatic carbocycles. The topological polar surface area (TPSA) is 57.0 Å². The molecule has 5 heteroatoms. The minimum Gasteiger partial charge on any atom is -0.459 e. The van der Waals surface area contributed by atoms with Crippen molar-refractivity contribution in [2.75, 3.05) is 0 Å². The van der Waals surface area contributed by atoms with Crippen molar-refractivity contribution < 1.29 is 9.53 Å². The fourth-order valence-electron chi connectivity index (χ4n) is 3.12. The van der Waals surface area contributed by atoms with Gasteiger partial charge in [-0.05, 0) is 38.2 Å². The summed E-state index contributed by atoms with van der Waals surface area (Å²) in [7, 11) is 1.85. The highest BCUT2D eigenvalue weighted by Crippen LogP contribution is 2.26. The van der Waals surface area contributed by atoms with E-state index in [0.717, 1.165) is 36.0 Å². The van der Waals surface area contributed by atoms with E-state index < -0.39 is 0 Å². The molecular weight excluding hydrogens is 266 g/mol. The lowest BCUT2D eigenvalue weighted by molar-refractivity contribution is 0.0155. The molecule has 2 aromatic rings. The summed E-state index contributed by atoms with van der Waals surface area (Å²) in [5, 5.41) is 5.22. The lowest BCUT2D eigenvalue weighted by atomic mass is 9.89. The number of hydrogen-bond donors (Lipinski definition) is 0. The van der Waals surface area contributed by atoms with E-state index in [-0.39, 0.29) is 12.1 Å². The standard InChI is InChI=1S/C16H21N3O2/c1-10-5-4-6-13(7-10)21-16(20)12-8-14-11(2)18-19(3)15(14)17-9-12/h8-10,13H,4-7H2,1-3H3. The maximum atomic E-state index is 12.3. The van der Waals surface area contributed by atoms with E-state index in [0.29, 0.717) is 11.5 Å². The van der Waals surface area contributed by atoms with Gasteiger partial charge in [0.1, 0.15) is 6.10 Å². The zero-order chi connectivity index (χ0) is 15.0. The summed E-state index contributed by atoms with van der Waals surface area (Å²) in [6, 6.07) is 1.83. The van der Waals surface area contributed by atoms with Crippen LogP contribution in [-0.2, 0) is 11.8 Å². The molecule has 3 rings (SSSR count). The second-order valence-corrected chi connectivity index (χ2v) is 6.10. The molecule has 0 radical (unpaired) electrons. The van der Waals surface area contributed by atoms with Crippen molar-refractivity contribution in [3.05, 3.63) is 23.5 Å². The molecule has 2 aromatic heterocycles. The van der Waals surface area contributed by atoms with Crippen LogP contribution in [0.15, 0.2) is 12.3 Å². The lowest BCUT2D eigenvalue weighted by Gasteiger charge is -2.26. The summed E-state index contributed by atoms with van der Waals surface area (Å²) in [6.45, 7) is 4.13. The van der Waals surface area contributed by atoms with Crippen molar-refractivity contribution >= 4 is 17.0 Å². The molecule has 2 unspecified atom stereocenters. The third-order valence-electron chi connectivity index (χ3n) is 4.26. The summed E-state index contributed by atoms with van der Waals surface area (Å²) in [6.07, 6.45) is 5.93. The molecule has 0 aromatic carbocycles. The lowest BCUT2D eigenvalue weighted by Crippen LogP contribution is -2.24. The molecule has 0 spiro atoms. The van der Waals surface area contributed by atoms with Crippen molar-refractivity contribution in [1.82, 2.24) is 14.8 Å². The van der Waals surface area contributed by atoms with Crippen molar-refractivity contribution in [3.8, 4) is 0 Å². The molecule has 5 nitrogen and oxygen atoms in total. The number of carbonyl (C=O) groups excluding carboxylic acids is 1. The van der Waals surface area contributed by atoms with Crippen LogP contribution in [0.25, 0.3) is 11.0 Å². The van der Waals surface area contributed by atoms with Gasteiger partial charge in [0.25, 0.3) is 0 Å². The number of aryl methyl sites for hydroxylation is 2. The average Bonchev–Trinajstić information content (AvgIpc) is 2.73. The Morgan fingerprint density at radius 3 is 3.00 bits per heavy atom. The molecule has 1 saturated carbocycles. The van der Waals surface area contributed by atoms with Gasteiger partial charge in [-0.1, -0.05) is 13.3 Å². The number of hydrogen-bond acceptors (Lipinski definition) is 4. The Balaban J connectivity index is 1.79. The van der Waals surface area contributed by atoms with E-state index in [4.69, 9.17) is 4.74 Å². The number of pyridine rings is 1. The molecule has 1 fully saturated rings. The van der Waals surface area contributed by atoms with Gasteiger partial charge in [0.2, 0.25) is 0 Å². The Morgan fingerprint density at radius 1 is 1.43 bits per heavy atom. The highest BCUT2D eigenvalue weighted by Gasteiger charge is 2.23. The molecule has 0 N–H and O–H groups in total. The number of carbonyl (C=O) groups is 1. The fourth-order valence-corrected chi connectivity index (χ4v) is 3.12. The first-order chi connectivity index (χ1) is 10.0. The molecular formula is C16H21N3O2. The van der Waals surface area contributed by atoms with Crippen LogP contribution >= 0.6 is 0 Å². The van der Waals surface area contributed by atoms with E-state index >= 15 is 0 Å². The SMILES string of the molecule is Cc1nn(C)c2ncc(C(=O)OC3CCCC(C)C3)cc12. The Hall–Kier alpha value is -1.91. The number of esters is 1. The van der Waals surface area contributed by atoms with Crippen molar-refractivity contribution in [2.45, 2.75) is 45.6 Å². The van der Waals surface area contributed by atoms with E-state index in [1.807, 2.05) is 20.0 Å². The fraction of sp³-hybridized carbons (Fsp3) is 0.562. The second kappa shape index (κ2) is 5.47. The van der Waals surface area contributed by atoms with E-state index in [1.165, 1.54) is 6.42 Å². The van der Waals surface area contributed by atoms with Gasteiger partial charge < -0.3 is 4.74 Å². The Kier molecular flexibility index (Phi) is 3.66.